The van der Waals surface area contributed by atoms with Crippen molar-refractivity contribution in [3.8, 4) is 11.6 Å². The van der Waals surface area contributed by atoms with E-state index in [0.29, 0.717) is 30.3 Å². The molecule has 0 radical (unpaired) electrons. The van der Waals surface area contributed by atoms with E-state index in [9.17, 15) is 9.18 Å². The Bertz CT molecular complexity index is 961. The maximum atomic E-state index is 13.4. The number of pyridine rings is 1. The van der Waals surface area contributed by atoms with Crippen molar-refractivity contribution in [1.29, 1.82) is 0 Å². The molecule has 0 saturated carbocycles. The zero-order valence-electron chi connectivity index (χ0n) is 15.6. The summed E-state index contributed by atoms with van der Waals surface area (Å²) in [5, 5.41) is 5.85. The number of hydrogen-bond donors (Lipinski definition) is 1. The maximum Gasteiger partial charge on any atom is 0.317 e. The average molecular weight is 413 g/mol. The van der Waals surface area contributed by atoms with Crippen molar-refractivity contribution in [2.45, 2.75) is 6.54 Å². The number of amides is 2. The van der Waals surface area contributed by atoms with Crippen LogP contribution in [0, 0.1) is 5.82 Å². The summed E-state index contributed by atoms with van der Waals surface area (Å²) < 4.78 is 19.1. The number of anilines is 1. The number of carbonyl (C=O) groups excluding carboxylic acids is 1. The largest absolute Gasteiger partial charge is 0.439 e. The molecule has 1 aromatic carbocycles. The molecule has 9 heteroatoms. The molecule has 1 aliphatic rings. The zero-order chi connectivity index (χ0) is 20.1. The summed E-state index contributed by atoms with van der Waals surface area (Å²) in [5.41, 5.74) is 0.714. The number of piperazine rings is 1. The molecule has 7 nitrogen and oxygen atoms in total. The predicted molar refractivity (Wildman–Crippen MR) is 109 cm³/mol. The van der Waals surface area contributed by atoms with E-state index in [-0.39, 0.29) is 18.4 Å². The Morgan fingerprint density at radius 1 is 1.14 bits per heavy atom. The van der Waals surface area contributed by atoms with Gasteiger partial charge in [0.2, 0.25) is 5.88 Å². The van der Waals surface area contributed by atoms with Gasteiger partial charge in [-0.15, -0.1) is 11.3 Å². The van der Waals surface area contributed by atoms with Crippen LogP contribution in [0.15, 0.2) is 54.2 Å². The summed E-state index contributed by atoms with van der Waals surface area (Å²) in [4.78, 5) is 25.0. The summed E-state index contributed by atoms with van der Waals surface area (Å²) in [6.07, 6.45) is 3.38. The van der Waals surface area contributed by atoms with Crippen LogP contribution in [0.3, 0.4) is 0 Å². The standard InChI is InChI=1S/C20H20FN5O2S/c21-16-4-1-5-17(13-16)28-18-15(3-2-6-22-18)14-24-19(27)25-8-10-26(11-9-25)20-23-7-12-29-20/h1-7,12-13H,8-11,14H2,(H,24,27). The molecule has 0 bridgehead atoms. The molecule has 1 saturated heterocycles. The van der Waals surface area contributed by atoms with E-state index in [2.05, 4.69) is 20.2 Å². The number of thiazole rings is 1. The highest BCUT2D eigenvalue weighted by Gasteiger charge is 2.22. The number of nitrogens with zero attached hydrogens (tertiary/aromatic N) is 4. The van der Waals surface area contributed by atoms with Crippen LogP contribution in [0.1, 0.15) is 5.56 Å². The van der Waals surface area contributed by atoms with Crippen LogP contribution in [-0.2, 0) is 6.54 Å². The molecule has 0 spiro atoms. The average Bonchev–Trinajstić information content (AvgIpc) is 3.28. The Morgan fingerprint density at radius 2 is 2.00 bits per heavy atom. The number of carbonyl (C=O) groups is 1. The van der Waals surface area contributed by atoms with Gasteiger partial charge < -0.3 is 19.9 Å². The van der Waals surface area contributed by atoms with E-state index in [1.54, 1.807) is 46.8 Å². The van der Waals surface area contributed by atoms with E-state index in [4.69, 9.17) is 4.74 Å². The fourth-order valence-electron chi connectivity index (χ4n) is 3.05. The Morgan fingerprint density at radius 3 is 2.76 bits per heavy atom. The van der Waals surface area contributed by atoms with Crippen LogP contribution in [0.5, 0.6) is 11.6 Å². The third kappa shape index (κ3) is 4.80. The van der Waals surface area contributed by atoms with E-state index < -0.39 is 0 Å². The number of ether oxygens (including phenoxy) is 1. The van der Waals surface area contributed by atoms with Crippen molar-refractivity contribution in [1.82, 2.24) is 20.2 Å². The second-order valence-electron chi connectivity index (χ2n) is 6.47. The number of benzene rings is 1. The Kier molecular flexibility index (Phi) is 5.85. The highest BCUT2D eigenvalue weighted by Crippen LogP contribution is 2.23. The lowest BCUT2D eigenvalue weighted by Gasteiger charge is -2.34. The molecule has 4 rings (SSSR count). The normalized spacial score (nSPS) is 14.0. The monoisotopic (exact) mass is 413 g/mol. The van der Waals surface area contributed by atoms with E-state index >= 15 is 0 Å². The quantitative estimate of drug-likeness (QED) is 0.693. The number of nitrogens with one attached hydrogen (secondary N) is 1. The van der Waals surface area contributed by atoms with Crippen LogP contribution in [-0.4, -0.2) is 47.1 Å². The molecular weight excluding hydrogens is 393 g/mol. The molecule has 2 amide bonds. The van der Waals surface area contributed by atoms with Crippen molar-refractivity contribution in [2.75, 3.05) is 31.1 Å². The zero-order valence-corrected chi connectivity index (χ0v) is 16.4. The third-order valence-electron chi connectivity index (χ3n) is 4.55. The van der Waals surface area contributed by atoms with Gasteiger partial charge in [-0.25, -0.2) is 19.2 Å². The fraction of sp³-hybridized carbons (Fsp3) is 0.250. The minimum absolute atomic E-state index is 0.135. The second kappa shape index (κ2) is 8.87. The first kappa shape index (κ1) is 19.1. The van der Waals surface area contributed by atoms with Gasteiger partial charge in [-0.05, 0) is 18.2 Å². The highest BCUT2D eigenvalue weighted by molar-refractivity contribution is 7.13. The van der Waals surface area contributed by atoms with Crippen molar-refractivity contribution in [2.24, 2.45) is 0 Å². The van der Waals surface area contributed by atoms with E-state index in [1.807, 2.05) is 11.4 Å². The molecular formula is C20H20FN5O2S. The van der Waals surface area contributed by atoms with Crippen LogP contribution in [0.4, 0.5) is 14.3 Å². The van der Waals surface area contributed by atoms with Crippen molar-refractivity contribution >= 4 is 22.5 Å². The number of rotatable bonds is 5. The minimum atomic E-state index is -0.384. The van der Waals surface area contributed by atoms with Gasteiger partial charge in [0.1, 0.15) is 11.6 Å². The van der Waals surface area contributed by atoms with E-state index in [0.717, 1.165) is 18.2 Å². The summed E-state index contributed by atoms with van der Waals surface area (Å²) in [6, 6.07) is 9.32. The van der Waals surface area contributed by atoms with Crippen molar-refractivity contribution in [3.63, 3.8) is 0 Å². The van der Waals surface area contributed by atoms with Crippen LogP contribution < -0.4 is 15.0 Å². The maximum absolute atomic E-state index is 13.4. The van der Waals surface area contributed by atoms with Gasteiger partial charge >= 0.3 is 6.03 Å². The van der Waals surface area contributed by atoms with Gasteiger partial charge in [0.25, 0.3) is 0 Å². The van der Waals surface area contributed by atoms with Gasteiger partial charge in [0, 0.05) is 62.1 Å². The lowest BCUT2D eigenvalue weighted by atomic mass is 10.2. The van der Waals surface area contributed by atoms with Crippen molar-refractivity contribution < 1.29 is 13.9 Å². The molecule has 0 atom stereocenters. The predicted octanol–water partition coefficient (Wildman–Crippen LogP) is 3.50. The molecule has 1 aliphatic heterocycles. The van der Waals surface area contributed by atoms with Gasteiger partial charge in [-0.2, -0.15) is 0 Å². The van der Waals surface area contributed by atoms with Crippen LogP contribution >= 0.6 is 11.3 Å². The van der Waals surface area contributed by atoms with Gasteiger partial charge in [0.05, 0.1) is 0 Å². The molecule has 3 heterocycles. The summed E-state index contributed by atoms with van der Waals surface area (Å²) in [5.74, 6) is 0.312. The smallest absolute Gasteiger partial charge is 0.317 e. The summed E-state index contributed by atoms with van der Waals surface area (Å²) in [6.45, 7) is 3.03. The first-order valence-corrected chi connectivity index (χ1v) is 10.1. The first-order chi connectivity index (χ1) is 14.2. The minimum Gasteiger partial charge on any atom is -0.439 e. The van der Waals surface area contributed by atoms with Gasteiger partial charge in [-0.1, -0.05) is 12.1 Å². The number of urea groups is 1. The fourth-order valence-corrected chi connectivity index (χ4v) is 3.75. The Balaban J connectivity index is 1.33. The molecule has 29 heavy (non-hydrogen) atoms. The number of aromatic nitrogens is 2. The SMILES string of the molecule is O=C(NCc1cccnc1Oc1cccc(F)c1)N1CCN(c2nccs2)CC1. The third-order valence-corrected chi connectivity index (χ3v) is 5.38. The highest BCUT2D eigenvalue weighted by atomic mass is 32.1. The summed E-state index contributed by atoms with van der Waals surface area (Å²) >= 11 is 1.60. The van der Waals surface area contributed by atoms with Gasteiger partial charge in [0.15, 0.2) is 5.13 Å². The molecule has 3 aromatic rings. The number of hydrogen-bond acceptors (Lipinski definition) is 6. The second-order valence-corrected chi connectivity index (χ2v) is 7.35. The van der Waals surface area contributed by atoms with Crippen LogP contribution in [0.25, 0.3) is 0 Å². The topological polar surface area (TPSA) is 70.6 Å². The first-order valence-electron chi connectivity index (χ1n) is 9.23. The van der Waals surface area contributed by atoms with Crippen molar-refractivity contribution in [3.05, 3.63) is 65.6 Å². The summed E-state index contributed by atoms with van der Waals surface area (Å²) in [7, 11) is 0. The number of halogens is 1. The lowest BCUT2D eigenvalue weighted by molar-refractivity contribution is 0.194. The molecule has 0 aliphatic carbocycles. The Hall–Kier alpha value is -3.20. The molecule has 0 unspecified atom stereocenters. The molecule has 150 valence electrons. The molecule has 1 N–H and O–H groups in total. The van der Waals surface area contributed by atoms with E-state index in [1.165, 1.54) is 12.1 Å². The van der Waals surface area contributed by atoms with Crippen LogP contribution in [0.2, 0.25) is 0 Å². The Labute approximate surface area is 171 Å². The lowest BCUT2D eigenvalue weighted by Crippen LogP contribution is -2.51. The molecule has 1 fully saturated rings. The molecule has 2 aromatic heterocycles. The van der Waals surface area contributed by atoms with Gasteiger partial charge in [-0.3, -0.25) is 0 Å².